The topological polar surface area (TPSA) is 152 Å². The number of ether oxygens (including phenoxy) is 3. The lowest BCUT2D eigenvalue weighted by atomic mass is 10.1. The van der Waals surface area contributed by atoms with E-state index in [2.05, 4.69) is 15.0 Å². The molecule has 1 aliphatic rings. The van der Waals surface area contributed by atoms with Gasteiger partial charge in [-0.15, -0.1) is 0 Å². The molecule has 3 aromatic rings. The molecule has 0 bridgehead atoms. The van der Waals surface area contributed by atoms with Crippen LogP contribution in [-0.2, 0) is 23.6 Å². The zero-order chi connectivity index (χ0) is 27.3. The number of amides is 2. The van der Waals surface area contributed by atoms with Crippen LogP contribution in [0.1, 0.15) is 41.5 Å². The van der Waals surface area contributed by atoms with Crippen molar-refractivity contribution in [2.75, 3.05) is 31.3 Å². The number of carbonyl (C=O) groups excluding carboxylic acids is 3. The molecule has 0 N–H and O–H groups in total. The number of benzene rings is 1. The van der Waals surface area contributed by atoms with Gasteiger partial charge in [0, 0.05) is 20.1 Å². The van der Waals surface area contributed by atoms with Crippen LogP contribution in [0, 0.1) is 0 Å². The number of fused-ring (bicyclic) bond motifs is 2. The van der Waals surface area contributed by atoms with Crippen LogP contribution < -0.4 is 9.74 Å². The van der Waals surface area contributed by atoms with E-state index in [1.807, 2.05) is 0 Å². The molecule has 38 heavy (non-hydrogen) atoms. The molecule has 1 aromatic carbocycles. The zero-order valence-corrected chi connectivity index (χ0v) is 22.4. The van der Waals surface area contributed by atoms with Gasteiger partial charge in [0.15, 0.2) is 11.3 Å². The van der Waals surface area contributed by atoms with Crippen molar-refractivity contribution in [2.45, 2.75) is 30.9 Å². The van der Waals surface area contributed by atoms with Crippen molar-refractivity contribution < 1.29 is 38.0 Å². The molecule has 4 rings (SSSR count). The number of hydrogen-bond donors (Lipinski definition) is 0. The summed E-state index contributed by atoms with van der Waals surface area (Å²) in [5, 5.41) is -0.576. The molecule has 1 atom stereocenters. The summed E-state index contributed by atoms with van der Waals surface area (Å²) in [6, 6.07) is 6.49. The van der Waals surface area contributed by atoms with E-state index in [4.69, 9.17) is 19.0 Å². The number of anilines is 1. The highest BCUT2D eigenvalue weighted by molar-refractivity contribution is 8.04. The molecule has 1 unspecified atom stereocenters. The number of thioether (sulfide) groups is 1. The van der Waals surface area contributed by atoms with Gasteiger partial charge in [0.05, 0.1) is 16.4 Å². The summed E-state index contributed by atoms with van der Waals surface area (Å²) < 4.78 is 29.6. The molecule has 15 heteroatoms. The first-order valence-corrected chi connectivity index (χ1v) is 13.3. The fourth-order valence-corrected chi connectivity index (χ4v) is 5.73. The van der Waals surface area contributed by atoms with Crippen LogP contribution in [0.15, 0.2) is 36.9 Å². The van der Waals surface area contributed by atoms with Crippen molar-refractivity contribution in [3.05, 3.63) is 48.0 Å². The van der Waals surface area contributed by atoms with Crippen LogP contribution in [-0.4, -0.2) is 74.0 Å². The van der Waals surface area contributed by atoms with Gasteiger partial charge < -0.3 is 19.0 Å². The number of esters is 1. The fraction of sp³-hybridized carbons (Fsp3) is 0.391. The van der Waals surface area contributed by atoms with Crippen LogP contribution in [0.5, 0.6) is 0 Å². The zero-order valence-electron chi connectivity index (χ0n) is 20.7. The van der Waals surface area contributed by atoms with Crippen molar-refractivity contribution in [3.8, 4) is 0 Å². The molecule has 3 heterocycles. The van der Waals surface area contributed by atoms with Gasteiger partial charge in [-0.25, -0.2) is 19.9 Å². The largest absolute Gasteiger partial charge is 0.465 e. The van der Waals surface area contributed by atoms with Crippen molar-refractivity contribution in [1.29, 1.82) is 0 Å². The number of imide groups is 1. The van der Waals surface area contributed by atoms with Crippen LogP contribution in [0.2, 0.25) is 0 Å². The van der Waals surface area contributed by atoms with Gasteiger partial charge in [-0.1, -0.05) is 23.9 Å². The third-order valence-electron chi connectivity index (χ3n) is 5.24. The van der Waals surface area contributed by atoms with E-state index in [1.54, 1.807) is 38.1 Å². The highest BCUT2D eigenvalue weighted by Gasteiger charge is 2.40. The average Bonchev–Trinajstić information content (AvgIpc) is 3.44. The van der Waals surface area contributed by atoms with Crippen LogP contribution >= 0.6 is 20.2 Å². The van der Waals surface area contributed by atoms with E-state index >= 15 is 0 Å². The van der Waals surface area contributed by atoms with E-state index in [0.717, 1.165) is 16.7 Å². The first-order valence-electron chi connectivity index (χ1n) is 11.6. The van der Waals surface area contributed by atoms with Gasteiger partial charge in [0.2, 0.25) is 14.1 Å². The molecule has 13 nitrogen and oxygen atoms in total. The molecule has 0 radical (unpaired) electrons. The lowest BCUT2D eigenvalue weighted by Crippen LogP contribution is -2.34. The number of imidazole rings is 1. The molecule has 2 amide bonds. The molecule has 0 saturated carbocycles. The second-order valence-corrected chi connectivity index (χ2v) is 10.3. The highest BCUT2D eigenvalue weighted by Crippen LogP contribution is 2.41. The van der Waals surface area contributed by atoms with Gasteiger partial charge in [0.25, 0.3) is 11.8 Å². The van der Waals surface area contributed by atoms with E-state index in [-0.39, 0.29) is 54.5 Å². The Morgan fingerprint density at radius 1 is 1.05 bits per heavy atom. The smallest absolute Gasteiger partial charge is 0.302 e. The Morgan fingerprint density at radius 2 is 1.71 bits per heavy atom. The number of hydrogen-bond acceptors (Lipinski definition) is 12. The minimum absolute atomic E-state index is 0.0197. The van der Waals surface area contributed by atoms with Crippen molar-refractivity contribution in [1.82, 2.24) is 19.7 Å². The molecule has 0 fully saturated rings. The number of aromatic nitrogens is 4. The molecule has 0 spiro atoms. The summed E-state index contributed by atoms with van der Waals surface area (Å²) in [6.07, 6.45) is 2.51. The number of rotatable bonds is 13. The molecule has 200 valence electrons. The molecular formula is C23H24N5O8PS. The normalized spacial score (nSPS) is 14.2. The molecule has 0 aliphatic carbocycles. The van der Waals surface area contributed by atoms with Gasteiger partial charge in [0.1, 0.15) is 25.9 Å². The lowest BCUT2D eigenvalue weighted by Gasteiger charge is -2.29. The third kappa shape index (κ3) is 5.53. The maximum absolute atomic E-state index is 13.0. The summed E-state index contributed by atoms with van der Waals surface area (Å²) in [5.74, 6) is -1.51. The minimum atomic E-state index is -1.52. The van der Waals surface area contributed by atoms with E-state index in [1.165, 1.54) is 24.3 Å². The van der Waals surface area contributed by atoms with Crippen LogP contribution in [0.3, 0.4) is 0 Å². The van der Waals surface area contributed by atoms with Crippen molar-refractivity contribution in [2.24, 2.45) is 0 Å². The van der Waals surface area contributed by atoms with E-state index in [9.17, 15) is 18.9 Å². The van der Waals surface area contributed by atoms with Crippen molar-refractivity contribution >= 4 is 55.0 Å². The predicted octanol–water partition coefficient (Wildman–Crippen LogP) is 2.70. The van der Waals surface area contributed by atoms with Gasteiger partial charge in [-0.05, 0) is 26.0 Å². The lowest BCUT2D eigenvalue weighted by molar-refractivity contribution is -0.141. The Hall–Kier alpha value is -3.45. The molecule has 0 saturated heterocycles. The number of carbonyl (C=O) groups is 3. The molecule has 1 aliphatic heterocycles. The van der Waals surface area contributed by atoms with E-state index in [0.29, 0.717) is 0 Å². The van der Waals surface area contributed by atoms with Gasteiger partial charge in [-0.2, -0.15) is 4.73 Å². The summed E-state index contributed by atoms with van der Waals surface area (Å²) >= 11 is 1.04. The monoisotopic (exact) mass is 561 g/mol. The van der Waals surface area contributed by atoms with E-state index < -0.39 is 36.4 Å². The fourth-order valence-electron chi connectivity index (χ4n) is 3.69. The van der Waals surface area contributed by atoms with Crippen LogP contribution in [0.25, 0.3) is 11.2 Å². The highest BCUT2D eigenvalue weighted by atomic mass is 32.2. The molecule has 2 aromatic heterocycles. The summed E-state index contributed by atoms with van der Waals surface area (Å²) in [4.78, 5) is 55.3. The second kappa shape index (κ2) is 11.9. The minimum Gasteiger partial charge on any atom is -0.465 e. The standard InChI is InChI=1S/C23H24N5O8PS/c1-4-34-23(37-32,35-5-2)38-15(10-33-14(3)29)11-36-27-13-26-18-19(27)24-12-25-20(18)28-21(30)16-8-6-7-9-17(16)22(28)31/h6-9,12-13,15H,4-5,10-11H2,1-3H3. The summed E-state index contributed by atoms with van der Waals surface area (Å²) in [6.45, 7) is 5.06. The summed E-state index contributed by atoms with van der Waals surface area (Å²) in [7, 11) is -0.419. The quantitative estimate of drug-likeness (QED) is 0.131. The first-order chi connectivity index (χ1) is 18.3. The van der Waals surface area contributed by atoms with Crippen LogP contribution in [0.4, 0.5) is 5.82 Å². The Kier molecular flexibility index (Phi) is 8.67. The average molecular weight is 562 g/mol. The third-order valence-corrected chi connectivity index (χ3v) is 7.40. The maximum Gasteiger partial charge on any atom is 0.302 e. The maximum atomic E-state index is 13.0. The Labute approximate surface area is 223 Å². The van der Waals surface area contributed by atoms with Crippen molar-refractivity contribution in [3.63, 3.8) is 0 Å². The van der Waals surface area contributed by atoms with Gasteiger partial charge in [-0.3, -0.25) is 18.9 Å². The second-order valence-electron chi connectivity index (χ2n) is 7.75. The SMILES string of the molecule is CCOC(OCC)(P=O)SC(COC(C)=O)COn1cnc2c(N3C(=O)c4ccccc4C3=O)ncnc21. The number of nitrogens with zero attached hydrogens (tertiary/aromatic N) is 5. The first kappa shape index (κ1) is 27.6. The van der Waals surface area contributed by atoms with Gasteiger partial charge >= 0.3 is 10.8 Å². The Bertz CT molecular complexity index is 1330. The molecular weight excluding hydrogens is 537 g/mol. The Balaban J connectivity index is 1.58. The Morgan fingerprint density at radius 3 is 2.29 bits per heavy atom. The summed E-state index contributed by atoms with van der Waals surface area (Å²) in [5.41, 5.74) is 0.915. The predicted molar refractivity (Wildman–Crippen MR) is 136 cm³/mol.